The van der Waals surface area contributed by atoms with Crippen LogP contribution in [0.15, 0.2) is 36.4 Å². The number of aryl methyl sites for hydroxylation is 2. The van der Waals surface area contributed by atoms with Crippen molar-refractivity contribution >= 4 is 23.2 Å². The van der Waals surface area contributed by atoms with Crippen LogP contribution in [-0.2, 0) is 16.0 Å². The van der Waals surface area contributed by atoms with E-state index in [0.29, 0.717) is 30.2 Å². The number of benzene rings is 2. The summed E-state index contributed by atoms with van der Waals surface area (Å²) in [6.45, 7) is 6.29. The minimum absolute atomic E-state index is 0.0146. The molecule has 0 saturated heterocycles. The van der Waals surface area contributed by atoms with Crippen LogP contribution in [0, 0.1) is 6.92 Å². The second-order valence-corrected chi connectivity index (χ2v) is 6.91. The molecule has 2 N–H and O–H groups in total. The molecule has 136 valence electrons. The summed E-state index contributed by atoms with van der Waals surface area (Å²) in [4.78, 5) is 23.9. The van der Waals surface area contributed by atoms with Crippen LogP contribution in [0.3, 0.4) is 0 Å². The third kappa shape index (κ3) is 4.04. The Kier molecular flexibility index (Phi) is 5.26. The highest BCUT2D eigenvalue weighted by atomic mass is 16.5. The number of rotatable bonds is 5. The second-order valence-electron chi connectivity index (χ2n) is 6.91. The molecule has 0 fully saturated rings. The van der Waals surface area contributed by atoms with Crippen LogP contribution < -0.4 is 15.4 Å². The second kappa shape index (κ2) is 7.60. The standard InChI is InChI=1S/C21H24N2O3/c1-13(2)16-6-4-5-14(3)21(16)23-19(24)10-8-15-7-9-18-17(11-15)22-20(25)12-26-18/h4-7,9,11,13H,8,10,12H2,1-3H3,(H,22,25)(H,23,24). The molecule has 0 radical (unpaired) electrons. The maximum Gasteiger partial charge on any atom is 0.262 e. The van der Waals surface area contributed by atoms with Gasteiger partial charge in [0.05, 0.1) is 5.69 Å². The van der Waals surface area contributed by atoms with Crippen molar-refractivity contribution in [3.8, 4) is 5.75 Å². The Morgan fingerprint density at radius 3 is 2.85 bits per heavy atom. The third-order valence-corrected chi connectivity index (χ3v) is 4.51. The minimum atomic E-state index is -0.159. The fraction of sp³-hybridized carbons (Fsp3) is 0.333. The molecule has 2 amide bonds. The Balaban J connectivity index is 1.65. The van der Waals surface area contributed by atoms with Crippen LogP contribution in [-0.4, -0.2) is 18.4 Å². The van der Waals surface area contributed by atoms with Gasteiger partial charge in [-0.15, -0.1) is 0 Å². The van der Waals surface area contributed by atoms with Crippen molar-refractivity contribution in [3.05, 3.63) is 53.1 Å². The highest BCUT2D eigenvalue weighted by Gasteiger charge is 2.16. The number of carbonyl (C=O) groups excluding carboxylic acids is 2. The number of nitrogens with one attached hydrogen (secondary N) is 2. The van der Waals surface area contributed by atoms with Gasteiger partial charge in [-0.2, -0.15) is 0 Å². The SMILES string of the molecule is Cc1cccc(C(C)C)c1NC(=O)CCc1ccc2c(c1)NC(=O)CO2. The van der Waals surface area contributed by atoms with Crippen LogP contribution in [0.4, 0.5) is 11.4 Å². The van der Waals surface area contributed by atoms with Crippen molar-refractivity contribution in [3.63, 3.8) is 0 Å². The van der Waals surface area contributed by atoms with Crippen LogP contribution in [0.5, 0.6) is 5.75 Å². The molecule has 1 heterocycles. The number of carbonyl (C=O) groups is 2. The minimum Gasteiger partial charge on any atom is -0.482 e. The zero-order chi connectivity index (χ0) is 18.7. The van der Waals surface area contributed by atoms with E-state index in [1.165, 1.54) is 0 Å². The zero-order valence-electron chi connectivity index (χ0n) is 15.4. The van der Waals surface area contributed by atoms with Crippen molar-refractivity contribution in [1.29, 1.82) is 0 Å². The van der Waals surface area contributed by atoms with Crippen molar-refractivity contribution in [2.24, 2.45) is 0 Å². The molecule has 0 unspecified atom stereocenters. The number of fused-ring (bicyclic) bond motifs is 1. The number of amides is 2. The monoisotopic (exact) mass is 352 g/mol. The lowest BCUT2D eigenvalue weighted by Gasteiger charge is -2.19. The van der Waals surface area contributed by atoms with Gasteiger partial charge in [-0.25, -0.2) is 0 Å². The van der Waals surface area contributed by atoms with Crippen molar-refractivity contribution in [2.75, 3.05) is 17.2 Å². The molecule has 5 heteroatoms. The van der Waals surface area contributed by atoms with Crippen LogP contribution >= 0.6 is 0 Å². The molecule has 5 nitrogen and oxygen atoms in total. The summed E-state index contributed by atoms with van der Waals surface area (Å²) in [5.74, 6) is 0.834. The molecule has 0 aromatic heterocycles. The molecule has 3 rings (SSSR count). The lowest BCUT2D eigenvalue weighted by molar-refractivity contribution is -0.118. The number of para-hydroxylation sites is 1. The number of hydrogen-bond acceptors (Lipinski definition) is 3. The summed E-state index contributed by atoms with van der Waals surface area (Å²) < 4.78 is 5.35. The van der Waals surface area contributed by atoms with Gasteiger partial charge < -0.3 is 15.4 Å². The average Bonchev–Trinajstić information content (AvgIpc) is 2.61. The van der Waals surface area contributed by atoms with E-state index in [0.717, 1.165) is 22.4 Å². The van der Waals surface area contributed by atoms with Crippen LogP contribution in [0.2, 0.25) is 0 Å². The molecule has 1 aliphatic heterocycles. The summed E-state index contributed by atoms with van der Waals surface area (Å²) in [5, 5.41) is 5.86. The molecule has 2 aromatic rings. The van der Waals surface area contributed by atoms with Crippen molar-refractivity contribution < 1.29 is 14.3 Å². The predicted molar refractivity (Wildman–Crippen MR) is 103 cm³/mol. The van der Waals surface area contributed by atoms with Gasteiger partial charge in [0.25, 0.3) is 5.91 Å². The van der Waals surface area contributed by atoms with E-state index in [1.54, 1.807) is 0 Å². The highest BCUT2D eigenvalue weighted by Crippen LogP contribution is 2.30. The van der Waals surface area contributed by atoms with Gasteiger partial charge >= 0.3 is 0 Å². The van der Waals surface area contributed by atoms with E-state index in [1.807, 2.05) is 37.3 Å². The molecule has 0 atom stereocenters. The normalized spacial score (nSPS) is 13.0. The fourth-order valence-electron chi connectivity index (χ4n) is 3.09. The largest absolute Gasteiger partial charge is 0.482 e. The van der Waals surface area contributed by atoms with Gasteiger partial charge in [-0.1, -0.05) is 38.1 Å². The topological polar surface area (TPSA) is 67.4 Å². The molecule has 1 aliphatic rings. The Bertz CT molecular complexity index is 843. The van der Waals surface area contributed by atoms with E-state index in [9.17, 15) is 9.59 Å². The van der Waals surface area contributed by atoms with Gasteiger partial charge in [0, 0.05) is 12.1 Å². The van der Waals surface area contributed by atoms with Gasteiger partial charge in [-0.05, 0) is 48.1 Å². The van der Waals surface area contributed by atoms with Crippen LogP contribution in [0.25, 0.3) is 0 Å². The molecule has 0 aliphatic carbocycles. The number of anilines is 2. The summed E-state index contributed by atoms with van der Waals surface area (Å²) in [5.41, 5.74) is 4.78. The summed E-state index contributed by atoms with van der Waals surface area (Å²) in [7, 11) is 0. The first kappa shape index (κ1) is 18.0. The summed E-state index contributed by atoms with van der Waals surface area (Å²) >= 11 is 0. The maximum absolute atomic E-state index is 12.4. The van der Waals surface area contributed by atoms with Gasteiger partial charge in [0.1, 0.15) is 5.75 Å². The third-order valence-electron chi connectivity index (χ3n) is 4.51. The molecular formula is C21H24N2O3. The van der Waals surface area contributed by atoms with E-state index < -0.39 is 0 Å². The smallest absolute Gasteiger partial charge is 0.262 e. The molecule has 26 heavy (non-hydrogen) atoms. The lowest BCUT2D eigenvalue weighted by Crippen LogP contribution is -2.25. The molecule has 0 spiro atoms. The number of ether oxygens (including phenoxy) is 1. The van der Waals surface area contributed by atoms with E-state index >= 15 is 0 Å². The zero-order valence-corrected chi connectivity index (χ0v) is 15.4. The van der Waals surface area contributed by atoms with Crippen LogP contribution in [0.1, 0.15) is 42.9 Å². The molecule has 0 bridgehead atoms. The average molecular weight is 352 g/mol. The molecule has 2 aromatic carbocycles. The predicted octanol–water partition coefficient (Wildman–Crippen LogP) is 4.02. The van der Waals surface area contributed by atoms with E-state index in [2.05, 4.69) is 30.5 Å². The van der Waals surface area contributed by atoms with Gasteiger partial charge in [0.15, 0.2) is 6.61 Å². The quantitative estimate of drug-likeness (QED) is 0.854. The summed E-state index contributed by atoms with van der Waals surface area (Å²) in [6.07, 6.45) is 0.970. The first-order chi connectivity index (χ1) is 12.4. The van der Waals surface area contributed by atoms with E-state index in [4.69, 9.17) is 4.74 Å². The highest BCUT2D eigenvalue weighted by molar-refractivity contribution is 5.95. The Morgan fingerprint density at radius 2 is 2.08 bits per heavy atom. The summed E-state index contributed by atoms with van der Waals surface area (Å²) in [6, 6.07) is 11.7. The maximum atomic E-state index is 12.4. The van der Waals surface area contributed by atoms with Gasteiger partial charge in [-0.3, -0.25) is 9.59 Å². The molecule has 0 saturated carbocycles. The Morgan fingerprint density at radius 1 is 1.27 bits per heavy atom. The fourth-order valence-corrected chi connectivity index (χ4v) is 3.09. The first-order valence-electron chi connectivity index (χ1n) is 8.89. The van der Waals surface area contributed by atoms with Gasteiger partial charge in [0.2, 0.25) is 5.91 Å². The van der Waals surface area contributed by atoms with Crippen molar-refractivity contribution in [1.82, 2.24) is 0 Å². The first-order valence-corrected chi connectivity index (χ1v) is 8.89. The lowest BCUT2D eigenvalue weighted by atomic mass is 9.98. The Labute approximate surface area is 153 Å². The Hall–Kier alpha value is -2.82. The van der Waals surface area contributed by atoms with E-state index in [-0.39, 0.29) is 18.4 Å². The molecular weight excluding hydrogens is 328 g/mol. The number of hydrogen-bond donors (Lipinski definition) is 2. The van der Waals surface area contributed by atoms with Crippen molar-refractivity contribution in [2.45, 2.75) is 39.5 Å².